The Morgan fingerprint density at radius 3 is 2.75 bits per heavy atom. The van der Waals surface area contributed by atoms with Gasteiger partial charge in [0.1, 0.15) is 17.3 Å². The van der Waals surface area contributed by atoms with Crippen molar-refractivity contribution in [2.75, 3.05) is 0 Å². The maximum Gasteiger partial charge on any atom is 0.271 e. The summed E-state index contributed by atoms with van der Waals surface area (Å²) in [6, 6.07) is 11.7. The Morgan fingerprint density at radius 1 is 1.25 bits per heavy atom. The molecule has 2 N–H and O–H groups in total. The van der Waals surface area contributed by atoms with Crippen molar-refractivity contribution >= 4 is 52.0 Å². The lowest BCUT2D eigenvalue weighted by Crippen LogP contribution is -2.17. The highest BCUT2D eigenvalue weighted by atomic mass is 127. The van der Waals surface area contributed by atoms with E-state index in [2.05, 4.69) is 10.5 Å². The van der Waals surface area contributed by atoms with Crippen LogP contribution in [0.1, 0.15) is 16.1 Å². The van der Waals surface area contributed by atoms with Gasteiger partial charge >= 0.3 is 0 Å². The first-order valence-electron chi connectivity index (χ1n) is 7.71. The van der Waals surface area contributed by atoms with Crippen molar-refractivity contribution in [2.24, 2.45) is 5.10 Å². The number of hydrogen-bond acceptors (Lipinski definition) is 6. The van der Waals surface area contributed by atoms with Gasteiger partial charge in [-0.15, -0.1) is 0 Å². The first kappa shape index (κ1) is 19.8. The second kappa shape index (κ2) is 8.40. The number of nitro groups is 1. The van der Waals surface area contributed by atoms with Crippen LogP contribution >= 0.6 is 34.2 Å². The summed E-state index contributed by atoms with van der Waals surface area (Å²) < 4.78 is 6.18. The van der Waals surface area contributed by atoms with E-state index in [9.17, 15) is 20.0 Å². The van der Waals surface area contributed by atoms with Gasteiger partial charge in [-0.25, -0.2) is 5.43 Å². The number of hydrazone groups is 1. The number of phenols is 1. The van der Waals surface area contributed by atoms with E-state index in [-0.39, 0.29) is 17.0 Å². The van der Waals surface area contributed by atoms with Crippen LogP contribution in [-0.2, 0) is 0 Å². The van der Waals surface area contributed by atoms with Gasteiger partial charge in [-0.3, -0.25) is 14.9 Å². The summed E-state index contributed by atoms with van der Waals surface area (Å²) in [5.41, 5.74) is 2.83. The second-order valence-electron chi connectivity index (χ2n) is 5.49. The lowest BCUT2D eigenvalue weighted by molar-refractivity contribution is -0.384. The van der Waals surface area contributed by atoms with Gasteiger partial charge in [0.15, 0.2) is 0 Å². The number of aromatic hydroxyl groups is 1. The standard InChI is InChI=1S/C18H11ClIN3O5/c19-14-4-2-11(23(26)27)8-13(14)17-6-3-12(28-17)9-21-22-18(25)10-1-5-15(20)16(24)7-10/h1-9,24H,(H,22,25). The smallest absolute Gasteiger partial charge is 0.271 e. The first-order valence-corrected chi connectivity index (χ1v) is 9.17. The Kier molecular flexibility index (Phi) is 5.95. The Balaban J connectivity index is 1.72. The van der Waals surface area contributed by atoms with Crippen molar-refractivity contribution in [1.29, 1.82) is 0 Å². The quantitative estimate of drug-likeness (QED) is 0.225. The van der Waals surface area contributed by atoms with Crippen LogP contribution in [0, 0.1) is 13.7 Å². The fourth-order valence-corrected chi connectivity index (χ4v) is 2.80. The summed E-state index contributed by atoms with van der Waals surface area (Å²) in [7, 11) is 0. The predicted molar refractivity (Wildman–Crippen MR) is 112 cm³/mol. The largest absolute Gasteiger partial charge is 0.507 e. The molecule has 0 aliphatic heterocycles. The van der Waals surface area contributed by atoms with E-state index in [0.717, 1.165) is 0 Å². The summed E-state index contributed by atoms with van der Waals surface area (Å²) in [6.45, 7) is 0. The highest BCUT2D eigenvalue weighted by Gasteiger charge is 2.14. The lowest BCUT2D eigenvalue weighted by atomic mass is 10.1. The zero-order chi connectivity index (χ0) is 20.3. The third kappa shape index (κ3) is 4.49. The monoisotopic (exact) mass is 511 g/mol. The molecule has 28 heavy (non-hydrogen) atoms. The fourth-order valence-electron chi connectivity index (χ4n) is 2.26. The lowest BCUT2D eigenvalue weighted by Gasteiger charge is -2.02. The maximum atomic E-state index is 12.0. The van der Waals surface area contributed by atoms with Gasteiger partial charge in [0.2, 0.25) is 0 Å². The number of halogens is 2. The topological polar surface area (TPSA) is 118 Å². The normalized spacial score (nSPS) is 10.9. The average molecular weight is 512 g/mol. The third-order valence-corrected chi connectivity index (χ3v) is 4.86. The molecule has 3 rings (SSSR count). The van der Waals surface area contributed by atoms with Crippen LogP contribution in [0.2, 0.25) is 5.02 Å². The molecule has 0 saturated heterocycles. The van der Waals surface area contributed by atoms with Crippen LogP contribution in [0.4, 0.5) is 5.69 Å². The number of hydrogen-bond donors (Lipinski definition) is 2. The molecular weight excluding hydrogens is 501 g/mol. The highest BCUT2D eigenvalue weighted by molar-refractivity contribution is 14.1. The Morgan fingerprint density at radius 2 is 2.04 bits per heavy atom. The molecule has 1 amide bonds. The Bertz CT molecular complexity index is 1100. The SMILES string of the molecule is O=C(NN=Cc1ccc(-c2cc([N+](=O)[O-])ccc2Cl)o1)c1ccc(I)c(O)c1. The summed E-state index contributed by atoms with van der Waals surface area (Å²) in [4.78, 5) is 22.4. The van der Waals surface area contributed by atoms with E-state index in [1.165, 1.54) is 30.5 Å². The molecule has 1 aromatic heterocycles. The van der Waals surface area contributed by atoms with Gasteiger partial charge in [-0.05, 0) is 59.0 Å². The summed E-state index contributed by atoms with van der Waals surface area (Å²) in [6.07, 6.45) is 1.28. The molecule has 0 aliphatic rings. The zero-order valence-electron chi connectivity index (χ0n) is 13.9. The molecule has 0 saturated carbocycles. The van der Waals surface area contributed by atoms with Gasteiger partial charge in [0.05, 0.1) is 19.7 Å². The molecule has 0 atom stereocenters. The molecule has 0 fully saturated rings. The van der Waals surface area contributed by atoms with Crippen molar-refractivity contribution in [3.8, 4) is 17.1 Å². The van der Waals surface area contributed by atoms with Crippen LogP contribution in [0.25, 0.3) is 11.3 Å². The van der Waals surface area contributed by atoms with Crippen molar-refractivity contribution in [3.05, 3.63) is 78.6 Å². The number of furan rings is 1. The molecule has 3 aromatic rings. The van der Waals surface area contributed by atoms with Crippen molar-refractivity contribution in [2.45, 2.75) is 0 Å². The molecule has 142 valence electrons. The molecule has 0 radical (unpaired) electrons. The number of rotatable bonds is 5. The van der Waals surface area contributed by atoms with Crippen LogP contribution in [0.15, 0.2) is 58.0 Å². The molecule has 0 spiro atoms. The van der Waals surface area contributed by atoms with Gasteiger partial charge in [-0.2, -0.15) is 5.10 Å². The third-order valence-electron chi connectivity index (χ3n) is 3.62. The summed E-state index contributed by atoms with van der Waals surface area (Å²) in [5, 5.41) is 24.7. The molecule has 10 heteroatoms. The van der Waals surface area contributed by atoms with Crippen LogP contribution < -0.4 is 5.43 Å². The van der Waals surface area contributed by atoms with E-state index >= 15 is 0 Å². The van der Waals surface area contributed by atoms with Crippen LogP contribution in [0.5, 0.6) is 5.75 Å². The highest BCUT2D eigenvalue weighted by Crippen LogP contribution is 2.32. The number of carbonyl (C=O) groups excluding carboxylic acids is 1. The predicted octanol–water partition coefficient (Wildman–Crippen LogP) is 4.58. The van der Waals surface area contributed by atoms with Gasteiger partial charge in [0.25, 0.3) is 11.6 Å². The average Bonchev–Trinajstić information content (AvgIpc) is 3.12. The molecule has 2 aromatic carbocycles. The van der Waals surface area contributed by atoms with E-state index in [1.54, 1.807) is 24.3 Å². The molecule has 0 bridgehead atoms. The number of amides is 1. The van der Waals surface area contributed by atoms with Crippen LogP contribution in [0.3, 0.4) is 0 Å². The molecule has 0 unspecified atom stereocenters. The minimum Gasteiger partial charge on any atom is -0.507 e. The fraction of sp³-hybridized carbons (Fsp3) is 0. The molecular formula is C18H11ClIN3O5. The second-order valence-corrected chi connectivity index (χ2v) is 7.06. The number of phenolic OH excluding ortho intramolecular Hbond substituents is 1. The van der Waals surface area contributed by atoms with E-state index in [0.29, 0.717) is 25.7 Å². The van der Waals surface area contributed by atoms with Crippen molar-refractivity contribution in [1.82, 2.24) is 5.43 Å². The maximum absolute atomic E-state index is 12.0. The first-order chi connectivity index (χ1) is 13.3. The van der Waals surface area contributed by atoms with E-state index in [1.807, 2.05) is 22.6 Å². The van der Waals surface area contributed by atoms with Gasteiger partial charge in [0, 0.05) is 23.3 Å². The van der Waals surface area contributed by atoms with E-state index in [4.69, 9.17) is 16.0 Å². The summed E-state index contributed by atoms with van der Waals surface area (Å²) in [5.74, 6) is 0.130. The van der Waals surface area contributed by atoms with Crippen LogP contribution in [-0.4, -0.2) is 22.2 Å². The van der Waals surface area contributed by atoms with E-state index < -0.39 is 10.8 Å². The summed E-state index contributed by atoms with van der Waals surface area (Å²) >= 11 is 8.03. The van der Waals surface area contributed by atoms with Crippen molar-refractivity contribution < 1.29 is 19.2 Å². The molecule has 8 nitrogen and oxygen atoms in total. The minimum absolute atomic E-state index is 0.00161. The molecule has 0 aliphatic carbocycles. The number of benzene rings is 2. The number of non-ortho nitro benzene ring substituents is 1. The van der Waals surface area contributed by atoms with Crippen molar-refractivity contribution in [3.63, 3.8) is 0 Å². The Labute approximate surface area is 177 Å². The zero-order valence-corrected chi connectivity index (χ0v) is 16.8. The molecule has 1 heterocycles. The number of nitrogens with zero attached hydrogens (tertiary/aromatic N) is 2. The number of nitro benzene ring substituents is 1. The number of nitrogens with one attached hydrogen (secondary N) is 1. The van der Waals surface area contributed by atoms with Gasteiger partial charge in [-0.1, -0.05) is 11.6 Å². The number of carbonyl (C=O) groups is 1. The Hall–Kier alpha value is -2.92. The van der Waals surface area contributed by atoms with Gasteiger partial charge < -0.3 is 9.52 Å². The minimum atomic E-state index is -0.525.